The summed E-state index contributed by atoms with van der Waals surface area (Å²) in [6, 6.07) is 5.98. The minimum atomic E-state index is -1.25. The molecule has 0 aliphatic rings. The van der Waals surface area contributed by atoms with Crippen LogP contribution in [0.1, 0.15) is 26.4 Å². The van der Waals surface area contributed by atoms with E-state index in [1.165, 1.54) is 23.9 Å². The topological polar surface area (TPSA) is 102 Å². The van der Waals surface area contributed by atoms with E-state index in [1.807, 2.05) is 0 Å². The first-order chi connectivity index (χ1) is 12.3. The Labute approximate surface area is 155 Å². The molecular formula is C16H13BrFN5O3. The lowest BCUT2D eigenvalue weighted by molar-refractivity contribution is 0.0692. The molecule has 0 spiro atoms. The fourth-order valence-electron chi connectivity index (χ4n) is 2.37. The largest absolute Gasteiger partial charge is 0.478 e. The van der Waals surface area contributed by atoms with Crippen molar-refractivity contribution in [2.75, 3.05) is 5.32 Å². The summed E-state index contributed by atoms with van der Waals surface area (Å²) in [5, 5.41) is 19.8. The number of carboxylic acid groups (broad SMARTS) is 1. The molecule has 2 heterocycles. The van der Waals surface area contributed by atoms with E-state index in [1.54, 1.807) is 23.0 Å². The Morgan fingerprint density at radius 2 is 2.00 bits per heavy atom. The van der Waals surface area contributed by atoms with Crippen molar-refractivity contribution in [2.24, 2.45) is 7.05 Å². The molecule has 10 heteroatoms. The number of rotatable bonds is 5. The van der Waals surface area contributed by atoms with E-state index in [0.29, 0.717) is 11.0 Å². The number of carboxylic acids is 1. The minimum absolute atomic E-state index is 0.0857. The van der Waals surface area contributed by atoms with Gasteiger partial charge in [-0.15, -0.1) is 0 Å². The first kappa shape index (κ1) is 17.8. The molecule has 0 bridgehead atoms. The van der Waals surface area contributed by atoms with Crippen molar-refractivity contribution in [3.05, 3.63) is 63.8 Å². The van der Waals surface area contributed by atoms with Gasteiger partial charge in [-0.2, -0.15) is 10.2 Å². The zero-order valence-electron chi connectivity index (χ0n) is 13.5. The third kappa shape index (κ3) is 3.64. The van der Waals surface area contributed by atoms with Gasteiger partial charge in [0.1, 0.15) is 17.1 Å². The fourth-order valence-corrected chi connectivity index (χ4v) is 2.78. The number of benzene rings is 1. The van der Waals surface area contributed by atoms with E-state index in [4.69, 9.17) is 5.11 Å². The zero-order valence-corrected chi connectivity index (χ0v) is 15.1. The van der Waals surface area contributed by atoms with E-state index in [2.05, 4.69) is 31.4 Å². The molecule has 0 saturated heterocycles. The van der Waals surface area contributed by atoms with Crippen LogP contribution in [-0.2, 0) is 13.6 Å². The van der Waals surface area contributed by atoms with E-state index >= 15 is 0 Å². The van der Waals surface area contributed by atoms with Gasteiger partial charge in [-0.3, -0.25) is 14.2 Å². The van der Waals surface area contributed by atoms with Crippen LogP contribution >= 0.6 is 15.9 Å². The van der Waals surface area contributed by atoms with E-state index in [9.17, 15) is 14.0 Å². The first-order valence-corrected chi connectivity index (χ1v) is 8.18. The van der Waals surface area contributed by atoms with Crippen LogP contribution in [0.25, 0.3) is 0 Å². The number of carbonyl (C=O) groups excluding carboxylic acids is 1. The molecule has 26 heavy (non-hydrogen) atoms. The molecule has 1 aromatic carbocycles. The van der Waals surface area contributed by atoms with Gasteiger partial charge in [-0.1, -0.05) is 12.1 Å². The lowest BCUT2D eigenvalue weighted by Gasteiger charge is -2.05. The van der Waals surface area contributed by atoms with Gasteiger partial charge >= 0.3 is 5.97 Å². The summed E-state index contributed by atoms with van der Waals surface area (Å²) in [7, 11) is 1.48. The summed E-state index contributed by atoms with van der Waals surface area (Å²) in [5.74, 6) is -1.98. The summed E-state index contributed by atoms with van der Waals surface area (Å²) in [5.41, 5.74) is 0.545. The lowest BCUT2D eigenvalue weighted by Crippen LogP contribution is -2.20. The first-order valence-electron chi connectivity index (χ1n) is 7.39. The standard InChI is InChI=1S/C16H13BrFN5O3/c1-22-13(11(6-19-22)16(25)26)15(24)20-14-12(17)8-23(21-14)7-9-2-4-10(18)5-3-9/h2-6,8H,7H2,1H3,(H,25,26)(H,20,21,24). The maximum atomic E-state index is 13.0. The van der Waals surface area contributed by atoms with Crippen LogP contribution in [-0.4, -0.2) is 36.5 Å². The second kappa shape index (κ2) is 7.08. The van der Waals surface area contributed by atoms with Crippen molar-refractivity contribution in [3.8, 4) is 0 Å². The third-order valence-electron chi connectivity index (χ3n) is 3.59. The molecule has 8 nitrogen and oxygen atoms in total. The number of amides is 1. The fraction of sp³-hybridized carbons (Fsp3) is 0.125. The van der Waals surface area contributed by atoms with Crippen LogP contribution < -0.4 is 5.32 Å². The summed E-state index contributed by atoms with van der Waals surface area (Å²) < 4.78 is 16.2. The molecule has 3 rings (SSSR count). The molecule has 0 atom stereocenters. The highest BCUT2D eigenvalue weighted by atomic mass is 79.9. The number of hydrogen-bond donors (Lipinski definition) is 2. The Morgan fingerprint density at radius 1 is 1.31 bits per heavy atom. The van der Waals surface area contributed by atoms with Gasteiger partial charge in [0.15, 0.2) is 5.82 Å². The normalized spacial score (nSPS) is 10.7. The number of aryl methyl sites for hydroxylation is 1. The van der Waals surface area contributed by atoms with E-state index < -0.39 is 11.9 Å². The van der Waals surface area contributed by atoms with Crippen LogP contribution in [0.3, 0.4) is 0 Å². The highest BCUT2D eigenvalue weighted by Crippen LogP contribution is 2.22. The number of aromatic nitrogens is 4. The van der Waals surface area contributed by atoms with Crippen LogP contribution in [0.15, 0.2) is 41.1 Å². The summed E-state index contributed by atoms with van der Waals surface area (Å²) >= 11 is 3.30. The molecule has 2 N–H and O–H groups in total. The maximum absolute atomic E-state index is 13.0. The highest BCUT2D eigenvalue weighted by Gasteiger charge is 2.23. The van der Waals surface area contributed by atoms with Gasteiger partial charge < -0.3 is 10.4 Å². The van der Waals surface area contributed by atoms with Gasteiger partial charge in [-0.25, -0.2) is 9.18 Å². The molecule has 0 saturated carbocycles. The molecule has 0 radical (unpaired) electrons. The number of hydrogen-bond acceptors (Lipinski definition) is 4. The van der Waals surface area contributed by atoms with Crippen molar-refractivity contribution >= 4 is 33.6 Å². The predicted octanol–water partition coefficient (Wildman–Crippen LogP) is 2.52. The van der Waals surface area contributed by atoms with Gasteiger partial charge in [-0.05, 0) is 33.6 Å². The SMILES string of the molecule is Cn1ncc(C(=O)O)c1C(=O)Nc1nn(Cc2ccc(F)cc2)cc1Br. The Morgan fingerprint density at radius 3 is 2.65 bits per heavy atom. The maximum Gasteiger partial charge on any atom is 0.339 e. The van der Waals surface area contributed by atoms with E-state index in [-0.39, 0.29) is 22.9 Å². The smallest absolute Gasteiger partial charge is 0.339 e. The van der Waals surface area contributed by atoms with Crippen molar-refractivity contribution in [3.63, 3.8) is 0 Å². The van der Waals surface area contributed by atoms with Crippen molar-refractivity contribution < 1.29 is 19.1 Å². The molecule has 3 aromatic rings. The number of halogens is 2. The number of anilines is 1. The van der Waals surface area contributed by atoms with Crippen molar-refractivity contribution in [1.82, 2.24) is 19.6 Å². The second-order valence-electron chi connectivity index (χ2n) is 5.44. The quantitative estimate of drug-likeness (QED) is 0.658. The monoisotopic (exact) mass is 421 g/mol. The minimum Gasteiger partial charge on any atom is -0.478 e. The number of aromatic carboxylic acids is 1. The lowest BCUT2D eigenvalue weighted by atomic mass is 10.2. The van der Waals surface area contributed by atoms with Gasteiger partial charge in [0.25, 0.3) is 5.91 Å². The van der Waals surface area contributed by atoms with Gasteiger partial charge in [0, 0.05) is 13.2 Å². The summed E-state index contributed by atoms with van der Waals surface area (Å²) in [4.78, 5) is 23.6. The zero-order chi connectivity index (χ0) is 18.8. The number of nitrogens with zero attached hydrogens (tertiary/aromatic N) is 4. The number of carbonyl (C=O) groups is 2. The van der Waals surface area contributed by atoms with Crippen LogP contribution in [0.5, 0.6) is 0 Å². The van der Waals surface area contributed by atoms with Crippen LogP contribution in [0.2, 0.25) is 0 Å². The Bertz CT molecular complexity index is 980. The highest BCUT2D eigenvalue weighted by molar-refractivity contribution is 9.10. The van der Waals surface area contributed by atoms with Crippen LogP contribution in [0.4, 0.5) is 10.2 Å². The molecule has 2 aromatic heterocycles. The van der Waals surface area contributed by atoms with Gasteiger partial charge in [0.2, 0.25) is 0 Å². The molecule has 0 aliphatic heterocycles. The molecule has 0 fully saturated rings. The third-order valence-corrected chi connectivity index (χ3v) is 4.17. The predicted molar refractivity (Wildman–Crippen MR) is 93.5 cm³/mol. The van der Waals surface area contributed by atoms with Crippen molar-refractivity contribution in [2.45, 2.75) is 6.54 Å². The Balaban J connectivity index is 1.79. The number of nitrogens with one attached hydrogen (secondary N) is 1. The summed E-state index contributed by atoms with van der Waals surface area (Å²) in [6.45, 7) is 0.376. The molecular weight excluding hydrogens is 409 g/mol. The Kier molecular flexibility index (Phi) is 4.85. The second-order valence-corrected chi connectivity index (χ2v) is 6.29. The van der Waals surface area contributed by atoms with E-state index in [0.717, 1.165) is 11.8 Å². The molecule has 1 amide bonds. The van der Waals surface area contributed by atoms with Crippen molar-refractivity contribution in [1.29, 1.82) is 0 Å². The summed E-state index contributed by atoms with van der Waals surface area (Å²) in [6.07, 6.45) is 2.76. The average molecular weight is 422 g/mol. The van der Waals surface area contributed by atoms with Crippen LogP contribution in [0, 0.1) is 5.82 Å². The molecule has 0 unspecified atom stereocenters. The average Bonchev–Trinajstić information content (AvgIpc) is 3.13. The molecule has 134 valence electrons. The van der Waals surface area contributed by atoms with Gasteiger partial charge in [0.05, 0.1) is 17.2 Å². The molecule has 0 aliphatic carbocycles. The Hall–Kier alpha value is -3.01.